The smallest absolute Gasteiger partial charge is 0.422 e. The number of thiophene rings is 1. The lowest BCUT2D eigenvalue weighted by Gasteiger charge is -2.37. The Morgan fingerprint density at radius 3 is 2.55 bits per heavy atom. The van der Waals surface area contributed by atoms with Crippen LogP contribution >= 0.6 is 35.3 Å². The Hall–Kier alpha value is -1.76. The van der Waals surface area contributed by atoms with Crippen LogP contribution in [-0.2, 0) is 6.54 Å². The SMILES string of the molecule is CN=C(NCc1ccc(OCC(F)(F)F)nc1)N1CCN(c2cccs2)CC1.I. The summed E-state index contributed by atoms with van der Waals surface area (Å²) in [6, 6.07) is 7.31. The number of piperazine rings is 1. The summed E-state index contributed by atoms with van der Waals surface area (Å²) >= 11 is 1.74. The number of anilines is 1. The average Bonchev–Trinajstić information content (AvgIpc) is 3.22. The number of hydrogen-bond acceptors (Lipinski definition) is 5. The van der Waals surface area contributed by atoms with E-state index in [1.165, 1.54) is 17.3 Å². The van der Waals surface area contributed by atoms with Gasteiger partial charge < -0.3 is 19.9 Å². The number of hydrogen-bond donors (Lipinski definition) is 1. The number of ether oxygens (including phenoxy) is 1. The predicted octanol–water partition coefficient (Wildman–Crippen LogP) is 3.60. The summed E-state index contributed by atoms with van der Waals surface area (Å²) in [6.07, 6.45) is -2.87. The molecule has 0 radical (unpaired) electrons. The predicted molar refractivity (Wildman–Crippen MR) is 120 cm³/mol. The van der Waals surface area contributed by atoms with Crippen molar-refractivity contribution in [1.82, 2.24) is 15.2 Å². The van der Waals surface area contributed by atoms with E-state index in [0.29, 0.717) is 6.54 Å². The highest BCUT2D eigenvalue weighted by Gasteiger charge is 2.28. The van der Waals surface area contributed by atoms with Crippen LogP contribution in [0.25, 0.3) is 0 Å². The minimum Gasteiger partial charge on any atom is -0.468 e. The van der Waals surface area contributed by atoms with Gasteiger partial charge in [0.2, 0.25) is 5.88 Å². The molecule has 1 fully saturated rings. The summed E-state index contributed by atoms with van der Waals surface area (Å²) in [4.78, 5) is 12.8. The van der Waals surface area contributed by atoms with E-state index in [9.17, 15) is 13.2 Å². The lowest BCUT2D eigenvalue weighted by atomic mass is 10.3. The Balaban J connectivity index is 0.00000300. The second-order valence-electron chi connectivity index (χ2n) is 6.23. The van der Waals surface area contributed by atoms with E-state index in [1.807, 2.05) is 0 Å². The number of alkyl halides is 3. The molecule has 1 N–H and O–H groups in total. The van der Waals surface area contributed by atoms with Crippen molar-refractivity contribution in [1.29, 1.82) is 0 Å². The van der Waals surface area contributed by atoms with Gasteiger partial charge in [0, 0.05) is 52.0 Å². The second-order valence-corrected chi connectivity index (χ2v) is 7.16. The lowest BCUT2D eigenvalue weighted by molar-refractivity contribution is -0.154. The molecule has 160 valence electrons. The molecule has 0 spiro atoms. The number of halogens is 4. The molecule has 29 heavy (non-hydrogen) atoms. The number of pyridine rings is 1. The van der Waals surface area contributed by atoms with Gasteiger partial charge in [0.25, 0.3) is 0 Å². The van der Waals surface area contributed by atoms with Gasteiger partial charge in [-0.25, -0.2) is 4.98 Å². The third-order valence-electron chi connectivity index (χ3n) is 4.24. The maximum atomic E-state index is 12.2. The zero-order valence-corrected chi connectivity index (χ0v) is 19.0. The van der Waals surface area contributed by atoms with Gasteiger partial charge in [-0.2, -0.15) is 13.2 Å². The summed E-state index contributed by atoms with van der Waals surface area (Å²) in [6.45, 7) is 2.70. The topological polar surface area (TPSA) is 53.0 Å². The van der Waals surface area contributed by atoms with Crippen molar-refractivity contribution in [2.75, 3.05) is 44.7 Å². The highest BCUT2D eigenvalue weighted by Crippen LogP contribution is 2.22. The molecule has 0 amide bonds. The van der Waals surface area contributed by atoms with Gasteiger partial charge in [-0.1, -0.05) is 6.07 Å². The molecular weight excluding hydrogens is 518 g/mol. The molecule has 0 saturated carbocycles. The van der Waals surface area contributed by atoms with Crippen molar-refractivity contribution >= 4 is 46.3 Å². The highest BCUT2D eigenvalue weighted by molar-refractivity contribution is 14.0. The molecule has 3 rings (SSSR count). The van der Waals surface area contributed by atoms with E-state index in [-0.39, 0.29) is 29.9 Å². The first-order valence-electron chi connectivity index (χ1n) is 8.83. The van der Waals surface area contributed by atoms with Crippen LogP contribution in [0.2, 0.25) is 0 Å². The normalized spacial score (nSPS) is 15.1. The van der Waals surface area contributed by atoms with Gasteiger partial charge in [-0.3, -0.25) is 4.99 Å². The van der Waals surface area contributed by atoms with Crippen LogP contribution in [0.1, 0.15) is 5.56 Å². The molecule has 1 aliphatic heterocycles. The van der Waals surface area contributed by atoms with E-state index in [4.69, 9.17) is 0 Å². The Morgan fingerprint density at radius 2 is 2.00 bits per heavy atom. The summed E-state index contributed by atoms with van der Waals surface area (Å²) in [7, 11) is 1.74. The molecule has 0 bridgehead atoms. The number of aliphatic imine (C=N–C) groups is 1. The third-order valence-corrected chi connectivity index (χ3v) is 5.17. The standard InChI is InChI=1S/C18H22F3N5OS.HI/c1-22-17(26-8-6-25(7-9-26)16-3-2-10-28-16)24-12-14-4-5-15(23-11-14)27-13-18(19,20)21;/h2-5,10-11H,6-9,12-13H2,1H3,(H,22,24);1H. The summed E-state index contributed by atoms with van der Waals surface area (Å²) in [5, 5.41) is 6.64. The first-order chi connectivity index (χ1) is 13.4. The maximum Gasteiger partial charge on any atom is 0.422 e. The van der Waals surface area contributed by atoms with Crippen molar-refractivity contribution in [3.63, 3.8) is 0 Å². The summed E-state index contributed by atoms with van der Waals surface area (Å²) < 4.78 is 41.1. The van der Waals surface area contributed by atoms with Crippen LogP contribution < -0.4 is 15.0 Å². The number of nitrogens with one attached hydrogen (secondary N) is 1. The van der Waals surface area contributed by atoms with Crippen LogP contribution in [-0.4, -0.2) is 61.9 Å². The average molecular weight is 541 g/mol. The van der Waals surface area contributed by atoms with Crippen molar-refractivity contribution in [3.05, 3.63) is 41.4 Å². The van der Waals surface area contributed by atoms with Gasteiger partial charge in [-0.05, 0) is 23.1 Å². The number of aromatic nitrogens is 1. The molecular formula is C18H23F3IN5OS. The Morgan fingerprint density at radius 1 is 1.24 bits per heavy atom. The molecule has 1 aliphatic rings. The molecule has 2 aromatic rings. The number of nitrogens with zero attached hydrogens (tertiary/aromatic N) is 4. The number of rotatable bonds is 5. The minimum absolute atomic E-state index is 0. The zero-order chi connectivity index (χ0) is 20.0. The molecule has 0 atom stereocenters. The third kappa shape index (κ3) is 7.21. The van der Waals surface area contributed by atoms with E-state index >= 15 is 0 Å². The second kappa shape index (κ2) is 10.9. The van der Waals surface area contributed by atoms with Crippen molar-refractivity contribution in [2.45, 2.75) is 12.7 Å². The van der Waals surface area contributed by atoms with Crippen LogP contribution in [0, 0.1) is 0 Å². The van der Waals surface area contributed by atoms with Gasteiger partial charge in [0.15, 0.2) is 12.6 Å². The van der Waals surface area contributed by atoms with Gasteiger partial charge >= 0.3 is 6.18 Å². The van der Waals surface area contributed by atoms with Crippen LogP contribution in [0.15, 0.2) is 40.8 Å². The first-order valence-corrected chi connectivity index (χ1v) is 9.71. The van der Waals surface area contributed by atoms with E-state index in [0.717, 1.165) is 37.7 Å². The van der Waals surface area contributed by atoms with Crippen LogP contribution in [0.3, 0.4) is 0 Å². The molecule has 0 unspecified atom stereocenters. The summed E-state index contributed by atoms with van der Waals surface area (Å²) in [5.41, 5.74) is 0.831. The van der Waals surface area contributed by atoms with Gasteiger partial charge in [0.1, 0.15) is 0 Å². The molecule has 2 aromatic heterocycles. The fraction of sp³-hybridized carbons (Fsp3) is 0.444. The quantitative estimate of drug-likeness (QED) is 0.357. The fourth-order valence-electron chi connectivity index (χ4n) is 2.86. The van der Waals surface area contributed by atoms with E-state index in [1.54, 1.807) is 24.5 Å². The highest BCUT2D eigenvalue weighted by atomic mass is 127. The summed E-state index contributed by atoms with van der Waals surface area (Å²) in [5.74, 6) is 0.749. The van der Waals surface area contributed by atoms with Crippen molar-refractivity contribution in [2.24, 2.45) is 4.99 Å². The number of guanidine groups is 1. The van der Waals surface area contributed by atoms with Gasteiger partial charge in [0.05, 0.1) is 5.00 Å². The monoisotopic (exact) mass is 541 g/mol. The fourth-order valence-corrected chi connectivity index (χ4v) is 3.64. The molecule has 0 aromatic carbocycles. The van der Waals surface area contributed by atoms with Crippen LogP contribution in [0.5, 0.6) is 5.88 Å². The molecule has 3 heterocycles. The first kappa shape index (κ1) is 23.5. The van der Waals surface area contributed by atoms with Gasteiger partial charge in [-0.15, -0.1) is 35.3 Å². The van der Waals surface area contributed by atoms with Crippen molar-refractivity contribution < 1.29 is 17.9 Å². The van der Waals surface area contributed by atoms with E-state index < -0.39 is 12.8 Å². The Bertz CT molecular complexity index is 763. The largest absolute Gasteiger partial charge is 0.468 e. The molecule has 6 nitrogen and oxygen atoms in total. The molecule has 0 aliphatic carbocycles. The zero-order valence-electron chi connectivity index (χ0n) is 15.9. The van der Waals surface area contributed by atoms with Crippen LogP contribution in [0.4, 0.5) is 18.2 Å². The van der Waals surface area contributed by atoms with Crippen molar-refractivity contribution in [3.8, 4) is 5.88 Å². The Kier molecular flexibility index (Phi) is 8.80. The molecule has 11 heteroatoms. The lowest BCUT2D eigenvalue weighted by Crippen LogP contribution is -2.52. The van der Waals surface area contributed by atoms with E-state index in [2.05, 4.69) is 47.3 Å². The molecule has 1 saturated heterocycles. The maximum absolute atomic E-state index is 12.2. The Labute approximate surface area is 188 Å². The minimum atomic E-state index is -4.37.